The molecule has 0 aliphatic rings. The molecule has 0 aliphatic heterocycles. The van der Waals surface area contributed by atoms with E-state index in [0.717, 1.165) is 0 Å². The van der Waals surface area contributed by atoms with Crippen molar-refractivity contribution in [3.05, 3.63) is 62.3 Å². The lowest BCUT2D eigenvalue weighted by atomic mass is 10.2. The van der Waals surface area contributed by atoms with Crippen molar-refractivity contribution in [2.75, 3.05) is 13.1 Å². The Morgan fingerprint density at radius 2 is 1.91 bits per heavy atom. The molecule has 2 amide bonds. The molecule has 0 unspecified atom stereocenters. The molecule has 0 bridgehead atoms. The highest BCUT2D eigenvalue weighted by Gasteiger charge is 2.05. The summed E-state index contributed by atoms with van der Waals surface area (Å²) in [5, 5.41) is 8.26. The van der Waals surface area contributed by atoms with E-state index < -0.39 is 0 Å². The standard InChI is InChI=1S/C16H14Cl2N2O2S/c17-12-5-3-11(13(18)10-12)4-6-15(21)19-7-8-20-16(22)14-2-1-9-23-14/h1-6,9-10H,7-8H2,(H,19,21)(H,20,22). The Morgan fingerprint density at radius 1 is 1.13 bits per heavy atom. The molecule has 0 saturated carbocycles. The van der Waals surface area contributed by atoms with E-state index in [1.807, 2.05) is 11.4 Å². The van der Waals surface area contributed by atoms with E-state index in [2.05, 4.69) is 10.6 Å². The van der Waals surface area contributed by atoms with Gasteiger partial charge in [-0.2, -0.15) is 0 Å². The molecule has 2 N–H and O–H groups in total. The van der Waals surface area contributed by atoms with E-state index in [0.29, 0.717) is 33.6 Å². The maximum absolute atomic E-state index is 11.7. The van der Waals surface area contributed by atoms with Gasteiger partial charge < -0.3 is 10.6 Å². The minimum Gasteiger partial charge on any atom is -0.351 e. The minimum atomic E-state index is -0.263. The van der Waals surface area contributed by atoms with Gasteiger partial charge in [-0.25, -0.2) is 0 Å². The second-order valence-corrected chi connectivity index (χ2v) is 6.31. The van der Waals surface area contributed by atoms with Crippen molar-refractivity contribution in [3.8, 4) is 0 Å². The third-order valence-electron chi connectivity index (χ3n) is 2.83. The van der Waals surface area contributed by atoms with E-state index in [9.17, 15) is 9.59 Å². The van der Waals surface area contributed by atoms with E-state index in [-0.39, 0.29) is 11.8 Å². The molecule has 120 valence electrons. The Morgan fingerprint density at radius 3 is 2.61 bits per heavy atom. The summed E-state index contributed by atoms with van der Waals surface area (Å²) in [5.41, 5.74) is 0.706. The Balaban J connectivity index is 1.72. The molecule has 1 aromatic carbocycles. The fourth-order valence-corrected chi connectivity index (χ4v) is 2.83. The Hall–Kier alpha value is -1.82. The molecule has 2 aromatic rings. The van der Waals surface area contributed by atoms with Crippen LogP contribution in [0.5, 0.6) is 0 Å². The van der Waals surface area contributed by atoms with Crippen LogP contribution in [0.15, 0.2) is 41.8 Å². The van der Waals surface area contributed by atoms with Crippen LogP contribution in [0.3, 0.4) is 0 Å². The van der Waals surface area contributed by atoms with Crippen molar-refractivity contribution in [1.29, 1.82) is 0 Å². The molecule has 0 atom stereocenters. The quantitative estimate of drug-likeness (QED) is 0.604. The molecule has 7 heteroatoms. The number of carbonyl (C=O) groups excluding carboxylic acids is 2. The maximum atomic E-state index is 11.7. The zero-order chi connectivity index (χ0) is 16.7. The van der Waals surface area contributed by atoms with Crippen molar-refractivity contribution in [3.63, 3.8) is 0 Å². The number of hydrogen-bond donors (Lipinski definition) is 2. The molecule has 1 aromatic heterocycles. The Labute approximate surface area is 148 Å². The highest BCUT2D eigenvalue weighted by molar-refractivity contribution is 7.12. The van der Waals surface area contributed by atoms with Gasteiger partial charge in [-0.05, 0) is 35.2 Å². The summed E-state index contributed by atoms with van der Waals surface area (Å²) in [6.45, 7) is 0.701. The van der Waals surface area contributed by atoms with Crippen LogP contribution < -0.4 is 10.6 Å². The van der Waals surface area contributed by atoms with Gasteiger partial charge in [-0.1, -0.05) is 35.3 Å². The lowest BCUT2D eigenvalue weighted by Crippen LogP contribution is -2.33. The highest BCUT2D eigenvalue weighted by Crippen LogP contribution is 2.21. The van der Waals surface area contributed by atoms with Gasteiger partial charge in [0.15, 0.2) is 0 Å². The minimum absolute atomic E-state index is 0.141. The van der Waals surface area contributed by atoms with E-state index in [1.54, 1.807) is 30.3 Å². The molecular weight excluding hydrogens is 355 g/mol. The molecule has 2 rings (SSSR count). The number of amides is 2. The summed E-state index contributed by atoms with van der Waals surface area (Å²) in [6.07, 6.45) is 2.99. The second kappa shape index (κ2) is 8.72. The first-order valence-electron chi connectivity index (χ1n) is 6.79. The van der Waals surface area contributed by atoms with Gasteiger partial charge in [0.2, 0.25) is 5.91 Å². The van der Waals surface area contributed by atoms with Crippen LogP contribution in [0, 0.1) is 0 Å². The molecule has 0 fully saturated rings. The number of nitrogens with one attached hydrogen (secondary N) is 2. The lowest BCUT2D eigenvalue weighted by molar-refractivity contribution is -0.116. The van der Waals surface area contributed by atoms with Gasteiger partial charge >= 0.3 is 0 Å². The van der Waals surface area contributed by atoms with Gasteiger partial charge in [0.05, 0.1) is 4.88 Å². The van der Waals surface area contributed by atoms with Gasteiger partial charge in [-0.3, -0.25) is 9.59 Å². The summed E-state index contributed by atoms with van der Waals surface area (Å²) in [7, 11) is 0. The molecule has 0 aliphatic carbocycles. The maximum Gasteiger partial charge on any atom is 0.261 e. The average molecular weight is 369 g/mol. The number of thiophene rings is 1. The van der Waals surface area contributed by atoms with E-state index >= 15 is 0 Å². The van der Waals surface area contributed by atoms with Crippen molar-refractivity contribution in [1.82, 2.24) is 10.6 Å². The van der Waals surface area contributed by atoms with Gasteiger partial charge in [0, 0.05) is 29.2 Å². The molecule has 4 nitrogen and oxygen atoms in total. The molecule has 0 radical (unpaired) electrons. The highest BCUT2D eigenvalue weighted by atomic mass is 35.5. The van der Waals surface area contributed by atoms with Crippen molar-refractivity contribution < 1.29 is 9.59 Å². The molecule has 23 heavy (non-hydrogen) atoms. The predicted octanol–water partition coefficient (Wildman–Crippen LogP) is 3.61. The summed E-state index contributed by atoms with van der Waals surface area (Å²) in [5.74, 6) is -0.404. The number of halogens is 2. The topological polar surface area (TPSA) is 58.2 Å². The van der Waals surface area contributed by atoms with Crippen LogP contribution in [-0.2, 0) is 4.79 Å². The summed E-state index contributed by atoms with van der Waals surface area (Å²) >= 11 is 13.2. The molecule has 0 spiro atoms. The van der Waals surface area contributed by atoms with Crippen molar-refractivity contribution >= 4 is 52.4 Å². The molecule has 1 heterocycles. The number of benzene rings is 1. The third-order valence-corrected chi connectivity index (χ3v) is 4.26. The normalized spacial score (nSPS) is 10.7. The van der Waals surface area contributed by atoms with Crippen LogP contribution in [-0.4, -0.2) is 24.9 Å². The Kier molecular flexibility index (Phi) is 6.65. The lowest BCUT2D eigenvalue weighted by Gasteiger charge is -2.04. The summed E-state index contributed by atoms with van der Waals surface area (Å²) in [6, 6.07) is 8.60. The third kappa shape index (κ3) is 5.71. The first-order valence-corrected chi connectivity index (χ1v) is 8.42. The fourth-order valence-electron chi connectivity index (χ4n) is 1.72. The van der Waals surface area contributed by atoms with Crippen molar-refractivity contribution in [2.45, 2.75) is 0 Å². The zero-order valence-corrected chi connectivity index (χ0v) is 14.3. The Bertz CT molecular complexity index is 715. The van der Waals surface area contributed by atoms with Gasteiger partial charge in [0.25, 0.3) is 5.91 Å². The van der Waals surface area contributed by atoms with Crippen LogP contribution in [0.1, 0.15) is 15.2 Å². The largest absolute Gasteiger partial charge is 0.351 e. The second-order valence-electron chi connectivity index (χ2n) is 4.52. The average Bonchev–Trinajstić information content (AvgIpc) is 3.05. The number of carbonyl (C=O) groups is 2. The first kappa shape index (κ1) is 17.5. The molecular formula is C16H14Cl2N2O2S. The summed E-state index contributed by atoms with van der Waals surface area (Å²) in [4.78, 5) is 24.0. The van der Waals surface area contributed by atoms with E-state index in [1.165, 1.54) is 17.4 Å². The summed E-state index contributed by atoms with van der Waals surface area (Å²) < 4.78 is 0. The van der Waals surface area contributed by atoms with E-state index in [4.69, 9.17) is 23.2 Å². The fraction of sp³-hybridized carbons (Fsp3) is 0.125. The molecule has 0 saturated heterocycles. The number of rotatable bonds is 6. The van der Waals surface area contributed by atoms with Gasteiger partial charge in [-0.15, -0.1) is 11.3 Å². The monoisotopic (exact) mass is 368 g/mol. The van der Waals surface area contributed by atoms with Crippen LogP contribution in [0.2, 0.25) is 10.0 Å². The van der Waals surface area contributed by atoms with Crippen LogP contribution in [0.4, 0.5) is 0 Å². The SMILES string of the molecule is O=C(C=Cc1ccc(Cl)cc1Cl)NCCNC(=O)c1cccs1. The van der Waals surface area contributed by atoms with Crippen molar-refractivity contribution in [2.24, 2.45) is 0 Å². The zero-order valence-electron chi connectivity index (χ0n) is 12.0. The first-order chi connectivity index (χ1) is 11.1. The predicted molar refractivity (Wildman–Crippen MR) is 95.2 cm³/mol. The van der Waals surface area contributed by atoms with Gasteiger partial charge in [0.1, 0.15) is 0 Å². The smallest absolute Gasteiger partial charge is 0.261 e. The van der Waals surface area contributed by atoms with Crippen LogP contribution >= 0.6 is 34.5 Å². The number of hydrogen-bond acceptors (Lipinski definition) is 3. The van der Waals surface area contributed by atoms with Crippen LogP contribution in [0.25, 0.3) is 6.08 Å².